The number of aliphatic hydroxyl groups is 1. The molecule has 2 N–H and O–H groups in total. The number of carbonyl (C=O) groups is 1. The Bertz CT molecular complexity index is 710. The molecule has 8 heteroatoms. The van der Waals surface area contributed by atoms with Gasteiger partial charge < -0.3 is 19.6 Å². The van der Waals surface area contributed by atoms with Crippen LogP contribution < -0.4 is 4.90 Å². The minimum atomic E-state index is -0.771. The topological polar surface area (TPSA) is 84.9 Å². The Morgan fingerprint density at radius 1 is 1.32 bits per heavy atom. The van der Waals surface area contributed by atoms with Crippen molar-refractivity contribution >= 4 is 5.91 Å². The summed E-state index contributed by atoms with van der Waals surface area (Å²) in [5.41, 5.74) is -0.0385. The highest BCUT2D eigenvalue weighted by Gasteiger charge is 2.48. The summed E-state index contributed by atoms with van der Waals surface area (Å²) in [5, 5.41) is 19.3. The van der Waals surface area contributed by atoms with E-state index in [-0.39, 0.29) is 5.92 Å². The van der Waals surface area contributed by atoms with Crippen LogP contribution in [0.2, 0.25) is 0 Å². The molecular weight excluding hydrogens is 358 g/mol. The van der Waals surface area contributed by atoms with E-state index in [4.69, 9.17) is 4.74 Å². The van der Waals surface area contributed by atoms with E-state index in [0.29, 0.717) is 31.1 Å². The minimum Gasteiger partial charge on any atom is -0.383 e. The molecule has 4 saturated heterocycles. The molecule has 4 aliphatic heterocycles. The zero-order valence-electron chi connectivity index (χ0n) is 16.6. The van der Waals surface area contributed by atoms with Crippen molar-refractivity contribution < 1.29 is 19.5 Å². The van der Waals surface area contributed by atoms with E-state index in [9.17, 15) is 9.90 Å². The number of morpholine rings is 1. The lowest BCUT2D eigenvalue weighted by Gasteiger charge is -2.47. The van der Waals surface area contributed by atoms with Crippen LogP contribution in [0.3, 0.4) is 0 Å². The predicted molar refractivity (Wildman–Crippen MR) is 100 cm³/mol. The maximum atomic E-state index is 13.0. The van der Waals surface area contributed by atoms with E-state index in [1.165, 1.54) is 4.90 Å². The van der Waals surface area contributed by atoms with Gasteiger partial charge in [-0.2, -0.15) is 0 Å². The Balaban J connectivity index is 1.22. The van der Waals surface area contributed by atoms with Crippen LogP contribution in [0, 0.1) is 11.8 Å². The summed E-state index contributed by atoms with van der Waals surface area (Å²) in [7, 11) is 0. The molecular formula is C20H32N5O3+. The summed E-state index contributed by atoms with van der Waals surface area (Å²) in [5.74, 6) is 0.999. The molecule has 1 unspecified atom stereocenters. The third kappa shape index (κ3) is 3.35. The zero-order chi connectivity index (χ0) is 19.1. The minimum absolute atomic E-state index is 0.170. The molecule has 1 saturated carbocycles. The lowest BCUT2D eigenvalue weighted by molar-refractivity contribution is -0.945. The molecule has 6 rings (SSSR count). The fourth-order valence-electron chi connectivity index (χ4n) is 5.86. The first kappa shape index (κ1) is 18.5. The number of hydrogen-bond acceptors (Lipinski definition) is 5. The molecule has 5 fully saturated rings. The molecule has 0 aromatic carbocycles. The van der Waals surface area contributed by atoms with E-state index < -0.39 is 5.60 Å². The lowest BCUT2D eigenvalue weighted by Crippen LogP contribution is -3.20. The molecule has 1 aromatic heterocycles. The highest BCUT2D eigenvalue weighted by molar-refractivity contribution is 5.79. The molecule has 5 aliphatic rings. The van der Waals surface area contributed by atoms with Crippen LogP contribution in [0.25, 0.3) is 0 Å². The molecule has 5 heterocycles. The zero-order valence-corrected chi connectivity index (χ0v) is 16.6. The normalized spacial score (nSPS) is 34.7. The second-order valence-electron chi connectivity index (χ2n) is 9.20. The van der Waals surface area contributed by atoms with Crippen molar-refractivity contribution in [3.63, 3.8) is 0 Å². The molecule has 154 valence electrons. The van der Waals surface area contributed by atoms with Crippen LogP contribution in [0.5, 0.6) is 0 Å². The lowest BCUT2D eigenvalue weighted by atomic mass is 9.75. The third-order valence-electron chi connectivity index (χ3n) is 7.55. The maximum Gasteiger partial charge on any atom is 0.231 e. The standard InChI is InChI=1S/C20H31N5O3/c26-19(23-7-9-28-10-8-23)17-13-24-6-3-15(17)11-16(24)12-25-14-18(21-22-25)20(27)4-1-2-5-20/h14-17,27H,1-13H2/p+1/t15-,16-,17+/m1/s1. The number of carbonyl (C=O) groups excluding carboxylic acids is 1. The van der Waals surface area contributed by atoms with Gasteiger partial charge in [0.15, 0.2) is 0 Å². The van der Waals surface area contributed by atoms with Gasteiger partial charge in [-0.05, 0) is 18.8 Å². The average Bonchev–Trinajstić information content (AvgIpc) is 3.39. The quantitative estimate of drug-likeness (QED) is 0.703. The molecule has 0 spiro atoms. The summed E-state index contributed by atoms with van der Waals surface area (Å²) in [6.45, 7) is 5.74. The number of nitrogens with one attached hydrogen (secondary N) is 1. The van der Waals surface area contributed by atoms with Crippen LogP contribution in [0.1, 0.15) is 44.2 Å². The number of fused-ring (bicyclic) bond motifs is 3. The Morgan fingerprint density at radius 2 is 2.11 bits per heavy atom. The summed E-state index contributed by atoms with van der Waals surface area (Å²) in [6.07, 6.45) is 7.88. The second kappa shape index (κ2) is 7.39. The van der Waals surface area contributed by atoms with Gasteiger partial charge in [-0.25, -0.2) is 4.68 Å². The Labute approximate surface area is 165 Å². The van der Waals surface area contributed by atoms with Gasteiger partial charge in [-0.1, -0.05) is 18.1 Å². The molecule has 2 bridgehead atoms. The summed E-state index contributed by atoms with van der Waals surface area (Å²) in [4.78, 5) is 16.5. The molecule has 1 aliphatic carbocycles. The number of aromatic nitrogens is 3. The maximum absolute atomic E-state index is 13.0. The number of nitrogens with zero attached hydrogens (tertiary/aromatic N) is 4. The largest absolute Gasteiger partial charge is 0.383 e. The van der Waals surface area contributed by atoms with Crippen molar-refractivity contribution in [1.29, 1.82) is 0 Å². The smallest absolute Gasteiger partial charge is 0.231 e. The Kier molecular flexibility index (Phi) is 4.88. The molecule has 1 amide bonds. The number of quaternary nitrogens is 1. The molecule has 4 atom stereocenters. The van der Waals surface area contributed by atoms with Crippen LogP contribution in [0.15, 0.2) is 6.20 Å². The van der Waals surface area contributed by atoms with Crippen LogP contribution in [-0.2, 0) is 21.7 Å². The summed E-state index contributed by atoms with van der Waals surface area (Å²) >= 11 is 0. The predicted octanol–water partition coefficient (Wildman–Crippen LogP) is -0.808. The Hall–Kier alpha value is -1.51. The van der Waals surface area contributed by atoms with Gasteiger partial charge in [0.05, 0.1) is 45.0 Å². The first-order valence-electron chi connectivity index (χ1n) is 11.0. The fraction of sp³-hybridized carbons (Fsp3) is 0.850. The second-order valence-corrected chi connectivity index (χ2v) is 9.20. The van der Waals surface area contributed by atoms with Crippen molar-refractivity contribution in [2.24, 2.45) is 11.8 Å². The van der Waals surface area contributed by atoms with Gasteiger partial charge in [0.1, 0.15) is 17.3 Å². The molecule has 1 aromatic rings. The summed E-state index contributed by atoms with van der Waals surface area (Å²) in [6, 6.07) is 0.486. The number of rotatable bonds is 4. The van der Waals surface area contributed by atoms with Crippen molar-refractivity contribution in [2.75, 3.05) is 39.4 Å². The van der Waals surface area contributed by atoms with Gasteiger partial charge in [0, 0.05) is 25.9 Å². The van der Waals surface area contributed by atoms with Crippen molar-refractivity contribution in [3.8, 4) is 0 Å². The van der Waals surface area contributed by atoms with Crippen LogP contribution in [-0.4, -0.2) is 76.3 Å². The van der Waals surface area contributed by atoms with Crippen molar-refractivity contribution in [3.05, 3.63) is 11.9 Å². The summed E-state index contributed by atoms with van der Waals surface area (Å²) < 4.78 is 7.32. The van der Waals surface area contributed by atoms with Gasteiger partial charge in [-0.3, -0.25) is 4.79 Å². The number of amides is 1. The fourth-order valence-corrected chi connectivity index (χ4v) is 5.86. The van der Waals surface area contributed by atoms with Gasteiger partial charge in [0.2, 0.25) is 5.91 Å². The SMILES string of the molecule is O=C([C@H]1C[NH+]2CC[C@@H]1C[C@@H]2Cn1cc(C2(O)CCCC2)nn1)N1CCOCC1. The highest BCUT2D eigenvalue weighted by atomic mass is 16.5. The van der Waals surface area contributed by atoms with E-state index in [1.807, 2.05) is 15.8 Å². The first-order valence-corrected chi connectivity index (χ1v) is 11.0. The Morgan fingerprint density at radius 3 is 2.82 bits per heavy atom. The molecule has 0 radical (unpaired) electrons. The van der Waals surface area contributed by atoms with E-state index in [2.05, 4.69) is 10.3 Å². The number of ether oxygens (including phenoxy) is 1. The average molecular weight is 391 g/mol. The van der Waals surface area contributed by atoms with E-state index in [1.54, 1.807) is 0 Å². The van der Waals surface area contributed by atoms with Gasteiger partial charge in [-0.15, -0.1) is 5.10 Å². The monoisotopic (exact) mass is 390 g/mol. The van der Waals surface area contributed by atoms with Gasteiger partial charge >= 0.3 is 0 Å². The van der Waals surface area contributed by atoms with Crippen molar-refractivity contribution in [1.82, 2.24) is 19.9 Å². The first-order chi connectivity index (χ1) is 13.6. The number of hydrogen-bond donors (Lipinski definition) is 2. The van der Waals surface area contributed by atoms with Crippen LogP contribution in [0.4, 0.5) is 0 Å². The van der Waals surface area contributed by atoms with Crippen LogP contribution >= 0.6 is 0 Å². The van der Waals surface area contributed by atoms with E-state index in [0.717, 1.165) is 76.9 Å². The van der Waals surface area contributed by atoms with Gasteiger partial charge in [0.25, 0.3) is 0 Å². The van der Waals surface area contributed by atoms with E-state index >= 15 is 0 Å². The highest BCUT2D eigenvalue weighted by Crippen LogP contribution is 2.37. The third-order valence-corrected chi connectivity index (χ3v) is 7.55. The van der Waals surface area contributed by atoms with Crippen molar-refractivity contribution in [2.45, 2.75) is 56.7 Å². The molecule has 8 nitrogen and oxygen atoms in total. The number of piperidine rings is 3. The molecule has 28 heavy (non-hydrogen) atoms.